The van der Waals surface area contributed by atoms with Crippen molar-refractivity contribution in [2.24, 2.45) is 17.4 Å². The van der Waals surface area contributed by atoms with Crippen LogP contribution in [0.4, 0.5) is 0 Å². The molecule has 0 bridgehead atoms. The molecule has 0 aromatic rings. The first-order valence-corrected chi connectivity index (χ1v) is 10.3. The average Bonchev–Trinajstić information content (AvgIpc) is 2.68. The number of amides is 3. The van der Waals surface area contributed by atoms with E-state index in [-0.39, 0.29) is 0 Å². The van der Waals surface area contributed by atoms with Gasteiger partial charge in [0.1, 0.15) is 18.1 Å². The Morgan fingerprint density at radius 2 is 1.38 bits per heavy atom. The molecule has 0 heterocycles. The zero-order valence-electron chi connectivity index (χ0n) is 18.5. The lowest BCUT2D eigenvalue weighted by atomic mass is 10.0. The van der Waals surface area contributed by atoms with Crippen molar-refractivity contribution in [1.29, 1.82) is 0 Å². The van der Waals surface area contributed by atoms with Gasteiger partial charge in [-0.25, -0.2) is 4.79 Å². The fraction of sp³-hybridized carbons (Fsp3) is 0.737. The van der Waals surface area contributed by atoms with E-state index in [1.165, 1.54) is 6.92 Å². The lowest BCUT2D eigenvalue weighted by Crippen LogP contribution is -2.60. The molecule has 0 rings (SSSR count). The van der Waals surface area contributed by atoms with E-state index in [0.29, 0.717) is 25.8 Å². The predicted molar refractivity (Wildman–Crippen MR) is 113 cm³/mol. The Labute approximate surface area is 186 Å². The van der Waals surface area contributed by atoms with Gasteiger partial charge >= 0.3 is 11.9 Å². The smallest absolute Gasteiger partial charge is 0.326 e. The van der Waals surface area contributed by atoms with Crippen LogP contribution in [0.2, 0.25) is 0 Å². The van der Waals surface area contributed by atoms with Crippen LogP contribution in [0.5, 0.6) is 0 Å². The molecule has 0 fully saturated rings. The van der Waals surface area contributed by atoms with Crippen molar-refractivity contribution in [2.75, 3.05) is 6.54 Å². The summed E-state index contributed by atoms with van der Waals surface area (Å²) in [6.45, 7) is 4.85. The molecule has 184 valence electrons. The van der Waals surface area contributed by atoms with Crippen molar-refractivity contribution in [2.45, 2.75) is 76.7 Å². The van der Waals surface area contributed by atoms with Gasteiger partial charge in [-0.15, -0.1) is 0 Å². The number of carbonyl (C=O) groups excluding carboxylic acids is 3. The lowest BCUT2D eigenvalue weighted by Gasteiger charge is -2.28. The number of rotatable bonds is 15. The molecule has 0 aromatic carbocycles. The molecule has 0 aromatic heterocycles. The first kappa shape index (κ1) is 29.2. The van der Waals surface area contributed by atoms with E-state index in [1.54, 1.807) is 13.8 Å². The molecule has 0 spiro atoms. The number of carboxylic acid groups (broad SMARTS) is 2. The van der Waals surface area contributed by atoms with E-state index in [1.807, 2.05) is 0 Å². The van der Waals surface area contributed by atoms with Crippen LogP contribution in [0.3, 0.4) is 0 Å². The summed E-state index contributed by atoms with van der Waals surface area (Å²) in [7, 11) is 0. The molecule has 0 radical (unpaired) electrons. The van der Waals surface area contributed by atoms with E-state index in [2.05, 4.69) is 16.0 Å². The number of nitrogens with one attached hydrogen (secondary N) is 3. The number of aliphatic hydroxyl groups excluding tert-OH is 1. The second-order valence-corrected chi connectivity index (χ2v) is 7.85. The summed E-state index contributed by atoms with van der Waals surface area (Å²) in [5, 5.41) is 34.7. The van der Waals surface area contributed by atoms with Crippen LogP contribution >= 0.6 is 0 Å². The molecular weight excluding hydrogens is 426 g/mol. The van der Waals surface area contributed by atoms with Gasteiger partial charge in [0.25, 0.3) is 0 Å². The second-order valence-electron chi connectivity index (χ2n) is 7.85. The molecule has 0 saturated carbocycles. The quantitative estimate of drug-likeness (QED) is 0.119. The highest BCUT2D eigenvalue weighted by atomic mass is 16.4. The van der Waals surface area contributed by atoms with Gasteiger partial charge in [-0.1, -0.05) is 20.3 Å². The van der Waals surface area contributed by atoms with Gasteiger partial charge in [0.15, 0.2) is 0 Å². The van der Waals surface area contributed by atoms with E-state index in [9.17, 15) is 29.1 Å². The number of hydrogen-bond acceptors (Lipinski definition) is 8. The van der Waals surface area contributed by atoms with Crippen LogP contribution in [0.1, 0.15) is 46.5 Å². The summed E-state index contributed by atoms with van der Waals surface area (Å²) in [5.41, 5.74) is 11.2. The molecule has 3 amide bonds. The highest BCUT2D eigenvalue weighted by molar-refractivity contribution is 5.95. The summed E-state index contributed by atoms with van der Waals surface area (Å²) >= 11 is 0. The number of aliphatic carboxylic acids is 2. The van der Waals surface area contributed by atoms with Crippen LogP contribution in [0.15, 0.2) is 0 Å². The van der Waals surface area contributed by atoms with Gasteiger partial charge in [-0.3, -0.25) is 19.2 Å². The van der Waals surface area contributed by atoms with Gasteiger partial charge in [0.2, 0.25) is 17.7 Å². The number of carboxylic acids is 2. The zero-order valence-corrected chi connectivity index (χ0v) is 18.5. The van der Waals surface area contributed by atoms with E-state index < -0.39 is 72.3 Å². The van der Waals surface area contributed by atoms with Gasteiger partial charge in [0.05, 0.1) is 18.6 Å². The van der Waals surface area contributed by atoms with Crippen LogP contribution in [0.25, 0.3) is 0 Å². The Bertz CT molecular complexity index is 670. The summed E-state index contributed by atoms with van der Waals surface area (Å²) in [4.78, 5) is 59.5. The minimum absolute atomic E-state index is 0.328. The summed E-state index contributed by atoms with van der Waals surface area (Å²) in [5.74, 6) is -5.98. The molecule has 10 N–H and O–H groups in total. The molecule has 0 aliphatic carbocycles. The Balaban J connectivity index is 5.27. The van der Waals surface area contributed by atoms with Gasteiger partial charge < -0.3 is 42.7 Å². The van der Waals surface area contributed by atoms with E-state index >= 15 is 0 Å². The Morgan fingerprint density at radius 1 is 0.844 bits per heavy atom. The molecule has 5 unspecified atom stereocenters. The van der Waals surface area contributed by atoms with Crippen LogP contribution in [-0.4, -0.2) is 81.8 Å². The lowest BCUT2D eigenvalue weighted by molar-refractivity contribution is -0.147. The van der Waals surface area contributed by atoms with Crippen LogP contribution in [0, 0.1) is 5.92 Å². The molecule has 5 atom stereocenters. The van der Waals surface area contributed by atoms with Crippen molar-refractivity contribution >= 4 is 29.7 Å². The normalized spacial score (nSPS) is 15.7. The maximum absolute atomic E-state index is 12.7. The molecule has 13 heteroatoms. The van der Waals surface area contributed by atoms with E-state index in [4.69, 9.17) is 21.7 Å². The second kappa shape index (κ2) is 14.3. The number of unbranched alkanes of at least 4 members (excludes halogenated alkanes) is 1. The summed E-state index contributed by atoms with van der Waals surface area (Å²) < 4.78 is 0. The fourth-order valence-electron chi connectivity index (χ4n) is 2.72. The minimum Gasteiger partial charge on any atom is -0.481 e. The van der Waals surface area contributed by atoms with Crippen molar-refractivity contribution in [1.82, 2.24) is 16.0 Å². The zero-order chi connectivity index (χ0) is 25.0. The topological polar surface area (TPSA) is 234 Å². The third kappa shape index (κ3) is 10.5. The van der Waals surface area contributed by atoms with Gasteiger partial charge in [-0.05, 0) is 32.2 Å². The highest BCUT2D eigenvalue weighted by Crippen LogP contribution is 2.06. The van der Waals surface area contributed by atoms with E-state index in [0.717, 1.165) is 0 Å². The van der Waals surface area contributed by atoms with Gasteiger partial charge in [0, 0.05) is 0 Å². The monoisotopic (exact) mass is 461 g/mol. The summed E-state index contributed by atoms with van der Waals surface area (Å²) in [6.07, 6.45) is -0.577. The van der Waals surface area contributed by atoms with Crippen molar-refractivity contribution in [3.63, 3.8) is 0 Å². The molecule has 13 nitrogen and oxygen atoms in total. The van der Waals surface area contributed by atoms with Crippen molar-refractivity contribution in [3.8, 4) is 0 Å². The SMILES string of the molecule is CC(C)C(NC(=O)C(NC(=O)C(N)CCCCN)C(C)O)C(=O)NC(CC(=O)O)C(=O)O. The number of nitrogens with two attached hydrogens (primary N) is 2. The number of carbonyl (C=O) groups is 5. The first-order chi connectivity index (χ1) is 14.8. The molecule has 32 heavy (non-hydrogen) atoms. The number of hydrogen-bond donors (Lipinski definition) is 8. The number of aliphatic hydroxyl groups is 1. The van der Waals surface area contributed by atoms with Crippen LogP contribution < -0.4 is 27.4 Å². The van der Waals surface area contributed by atoms with Crippen LogP contribution in [-0.2, 0) is 24.0 Å². The van der Waals surface area contributed by atoms with Crippen molar-refractivity contribution < 1.29 is 39.3 Å². The Morgan fingerprint density at radius 3 is 1.81 bits per heavy atom. The third-order valence-electron chi connectivity index (χ3n) is 4.61. The molecule has 0 saturated heterocycles. The Kier molecular flexibility index (Phi) is 13.1. The summed E-state index contributed by atoms with van der Waals surface area (Å²) in [6, 6.07) is -5.30. The highest BCUT2D eigenvalue weighted by Gasteiger charge is 2.34. The maximum atomic E-state index is 12.7. The third-order valence-corrected chi connectivity index (χ3v) is 4.61. The maximum Gasteiger partial charge on any atom is 0.326 e. The molecule has 0 aliphatic rings. The largest absolute Gasteiger partial charge is 0.481 e. The average molecular weight is 462 g/mol. The molecule has 0 aliphatic heterocycles. The predicted octanol–water partition coefficient (Wildman–Crippen LogP) is -2.51. The first-order valence-electron chi connectivity index (χ1n) is 10.3. The van der Waals surface area contributed by atoms with Gasteiger partial charge in [-0.2, -0.15) is 0 Å². The molecular formula is C19H35N5O8. The standard InChI is InChI=1S/C19H35N5O8/c1-9(2)14(17(29)22-12(19(31)32)8-13(26)27)23-18(30)15(10(3)25)24-16(28)11(21)6-4-5-7-20/h9-12,14-15,25H,4-8,20-21H2,1-3H3,(H,22,29)(H,23,30)(H,24,28)(H,26,27)(H,31,32). The fourth-order valence-corrected chi connectivity index (χ4v) is 2.72. The minimum atomic E-state index is -1.70. The Hall–Kier alpha value is -2.77. The van der Waals surface area contributed by atoms with Crippen molar-refractivity contribution in [3.05, 3.63) is 0 Å².